The number of benzene rings is 2. The summed E-state index contributed by atoms with van der Waals surface area (Å²) in [7, 11) is -3.08. The maximum Gasteiger partial charge on any atom is 0.530 e. The van der Waals surface area contributed by atoms with Gasteiger partial charge in [0.2, 0.25) is 0 Å². The Kier molecular flexibility index (Phi) is 24.0. The number of hydrogen-bond acceptors (Lipinski definition) is 15. The summed E-state index contributed by atoms with van der Waals surface area (Å²) in [6.07, 6.45) is 18.2. The number of anilines is 1. The van der Waals surface area contributed by atoms with E-state index in [1.54, 1.807) is 66.9 Å². The van der Waals surface area contributed by atoms with E-state index in [1.807, 2.05) is 6.07 Å². The first kappa shape index (κ1) is 55.6. The van der Waals surface area contributed by atoms with Gasteiger partial charge in [-0.3, -0.25) is 9.05 Å². The first-order valence-corrected chi connectivity index (χ1v) is 26.4. The van der Waals surface area contributed by atoms with Crippen LogP contribution in [0, 0.1) is 22.7 Å². The SMILES string of the molecule is CCCCCCCCCCCCCCCCCCOC[C@H](COP(=O)(OC[C@@H](OCC#N)[C@H]1OC(C)(C)O[C@H]1c1ccc2c(N)ncnn12)Oc1ccccc1Cl)OCc1ccc(C#N)c(OC)c1. The van der Waals surface area contributed by atoms with E-state index < -0.39 is 44.6 Å². The third-order valence-electron chi connectivity index (χ3n) is 11.8. The molecule has 4 aromatic rings. The summed E-state index contributed by atoms with van der Waals surface area (Å²) in [5.41, 5.74) is 8.39. The molecule has 3 heterocycles. The first-order valence-electron chi connectivity index (χ1n) is 24.5. The fourth-order valence-corrected chi connectivity index (χ4v) is 9.66. The minimum atomic E-state index is -4.58. The minimum absolute atomic E-state index is 0.0512. The molecule has 5 atom stereocenters. The molecule has 0 radical (unpaired) electrons. The second-order valence-corrected chi connectivity index (χ2v) is 19.7. The van der Waals surface area contributed by atoms with Crippen LogP contribution in [0.1, 0.15) is 146 Å². The number of nitrogens with zero attached hydrogens (tertiary/aromatic N) is 5. The molecule has 0 spiro atoms. The van der Waals surface area contributed by atoms with E-state index in [0.717, 1.165) is 24.8 Å². The number of nitrogens with two attached hydrogens (primary N) is 1. The number of halogens is 1. The normalized spacial score (nSPS) is 17.3. The predicted octanol–water partition coefficient (Wildman–Crippen LogP) is 12.0. The third-order valence-corrected chi connectivity index (χ3v) is 13.5. The molecule has 2 aromatic heterocycles. The van der Waals surface area contributed by atoms with Crippen LogP contribution in [0.5, 0.6) is 11.5 Å². The molecule has 18 heteroatoms. The molecule has 1 saturated heterocycles. The van der Waals surface area contributed by atoms with Crippen LogP contribution in [0.25, 0.3) is 5.52 Å². The highest BCUT2D eigenvalue weighted by Gasteiger charge is 2.49. The maximum atomic E-state index is 14.9. The molecule has 1 aliphatic rings. The van der Waals surface area contributed by atoms with Gasteiger partial charge in [-0.2, -0.15) is 15.6 Å². The first-order chi connectivity index (χ1) is 33.5. The number of fused-ring (bicyclic) bond motifs is 1. The third kappa shape index (κ3) is 18.4. The molecule has 0 amide bonds. The summed E-state index contributed by atoms with van der Waals surface area (Å²) in [6, 6.07) is 19.3. The van der Waals surface area contributed by atoms with Gasteiger partial charge in [-0.05, 0) is 62.2 Å². The fourth-order valence-electron chi connectivity index (χ4n) is 8.17. The molecule has 0 bridgehead atoms. The molecule has 2 aromatic carbocycles. The van der Waals surface area contributed by atoms with Gasteiger partial charge in [-0.1, -0.05) is 133 Å². The lowest BCUT2D eigenvalue weighted by Gasteiger charge is -2.28. The Hall–Kier alpha value is -4.32. The number of methoxy groups -OCH3 is 1. The van der Waals surface area contributed by atoms with Gasteiger partial charge in [-0.25, -0.2) is 14.1 Å². The van der Waals surface area contributed by atoms with Crippen LogP contribution in [-0.4, -0.2) is 78.8 Å². The minimum Gasteiger partial charge on any atom is -0.495 e. The van der Waals surface area contributed by atoms with Gasteiger partial charge in [0.05, 0.1) is 55.9 Å². The summed E-state index contributed by atoms with van der Waals surface area (Å²) in [5, 5.41) is 23.7. The highest BCUT2D eigenvalue weighted by atomic mass is 35.5. The van der Waals surface area contributed by atoms with Gasteiger partial charge < -0.3 is 38.7 Å². The van der Waals surface area contributed by atoms with Crippen molar-refractivity contribution in [1.29, 1.82) is 10.5 Å². The summed E-state index contributed by atoms with van der Waals surface area (Å²) in [5.74, 6) is -0.382. The van der Waals surface area contributed by atoms with Crippen molar-refractivity contribution in [2.75, 3.05) is 45.9 Å². The second kappa shape index (κ2) is 29.8. The molecule has 2 N–H and O–H groups in total. The molecule has 16 nitrogen and oxygen atoms in total. The van der Waals surface area contributed by atoms with Crippen LogP contribution in [0.4, 0.5) is 5.82 Å². The number of aromatic nitrogens is 3. The Labute approximate surface area is 413 Å². The zero-order valence-electron chi connectivity index (χ0n) is 40.9. The van der Waals surface area contributed by atoms with E-state index in [2.05, 4.69) is 23.1 Å². The van der Waals surface area contributed by atoms with Gasteiger partial charge in [0.15, 0.2) is 11.6 Å². The van der Waals surface area contributed by atoms with Gasteiger partial charge in [0.25, 0.3) is 0 Å². The number of rotatable bonds is 35. The Morgan fingerprint density at radius 1 is 0.841 bits per heavy atom. The summed E-state index contributed by atoms with van der Waals surface area (Å²) in [4.78, 5) is 4.09. The number of phosphoric ester groups is 1. The van der Waals surface area contributed by atoms with Crippen LogP contribution < -0.4 is 15.0 Å². The molecular formula is C51H72ClN6O10P. The van der Waals surface area contributed by atoms with E-state index >= 15 is 0 Å². The highest BCUT2D eigenvalue weighted by molar-refractivity contribution is 7.48. The fraction of sp³-hybridized carbons (Fsp3) is 0.608. The van der Waals surface area contributed by atoms with Crippen molar-refractivity contribution in [2.45, 2.75) is 160 Å². The van der Waals surface area contributed by atoms with Crippen LogP contribution >= 0.6 is 19.4 Å². The Balaban J connectivity index is 1.21. The topological polar surface area (TPSA) is 204 Å². The number of ether oxygens (including phenoxy) is 6. The lowest BCUT2D eigenvalue weighted by molar-refractivity contribution is -0.161. The maximum absolute atomic E-state index is 14.9. The van der Waals surface area contributed by atoms with E-state index in [0.29, 0.717) is 29.1 Å². The number of nitriles is 2. The molecule has 0 aliphatic carbocycles. The standard InChI is InChI=1S/C51H72ClN6O10P/c1-5-6-7-8-9-10-11-12-13-14-15-16-17-18-19-22-30-61-35-41(63-34-39-25-26-40(33-54)46(32-39)60-4)36-64-69(59,68-45-24-21-20-23-42(45)52)65-37-47(62-31-29-53)49-48(66-51(2,3)67-49)43-27-28-44-50(55)56-38-57-58(43)44/h20-21,23-28,32,38,41,47-49H,5-19,22,30-31,34-37H2,1-4H3,(H2,55,56,57)/t41-,47-,48+,49-,69?/m1/s1. The van der Waals surface area contributed by atoms with Crippen LogP contribution in [0.3, 0.4) is 0 Å². The van der Waals surface area contributed by atoms with Crippen molar-refractivity contribution in [3.05, 3.63) is 82.8 Å². The number of nitrogen functional groups attached to an aromatic ring is 1. The zero-order chi connectivity index (χ0) is 49.3. The van der Waals surface area contributed by atoms with Crippen molar-refractivity contribution in [2.24, 2.45) is 0 Å². The highest BCUT2D eigenvalue weighted by Crippen LogP contribution is 2.52. The number of para-hydroxylation sites is 1. The van der Waals surface area contributed by atoms with Crippen molar-refractivity contribution < 1.29 is 46.6 Å². The van der Waals surface area contributed by atoms with Gasteiger partial charge in [0, 0.05) is 6.61 Å². The average Bonchev–Trinajstić information content (AvgIpc) is 3.93. The van der Waals surface area contributed by atoms with Crippen molar-refractivity contribution in [3.8, 4) is 23.6 Å². The Morgan fingerprint density at radius 3 is 2.16 bits per heavy atom. The smallest absolute Gasteiger partial charge is 0.495 e. The van der Waals surface area contributed by atoms with E-state index in [-0.39, 0.29) is 43.0 Å². The lowest BCUT2D eigenvalue weighted by atomic mass is 10.0. The van der Waals surface area contributed by atoms with Gasteiger partial charge in [0.1, 0.15) is 60.4 Å². The molecule has 5 rings (SSSR count). The Morgan fingerprint density at radius 2 is 1.51 bits per heavy atom. The number of unbranched alkanes of at least 4 members (excludes halogenated alkanes) is 15. The molecule has 1 fully saturated rings. The number of hydrogen-bond donors (Lipinski definition) is 1. The monoisotopic (exact) mass is 994 g/mol. The molecule has 0 saturated carbocycles. The average molecular weight is 996 g/mol. The molecule has 69 heavy (non-hydrogen) atoms. The molecular weight excluding hydrogens is 923 g/mol. The Bertz CT molecular complexity index is 2270. The largest absolute Gasteiger partial charge is 0.530 e. The summed E-state index contributed by atoms with van der Waals surface area (Å²) in [6.45, 7) is 5.38. The zero-order valence-corrected chi connectivity index (χ0v) is 42.5. The van der Waals surface area contributed by atoms with Crippen LogP contribution in [0.2, 0.25) is 5.02 Å². The second-order valence-electron chi connectivity index (χ2n) is 17.7. The number of phosphoric acid groups is 1. The van der Waals surface area contributed by atoms with E-state index in [1.165, 1.54) is 103 Å². The predicted molar refractivity (Wildman–Crippen MR) is 264 cm³/mol. The lowest BCUT2D eigenvalue weighted by Crippen LogP contribution is -2.38. The van der Waals surface area contributed by atoms with E-state index in [9.17, 15) is 15.1 Å². The van der Waals surface area contributed by atoms with Crippen molar-refractivity contribution in [1.82, 2.24) is 14.6 Å². The van der Waals surface area contributed by atoms with Crippen molar-refractivity contribution >= 4 is 30.8 Å². The molecule has 1 aliphatic heterocycles. The van der Waals surface area contributed by atoms with Gasteiger partial charge in [-0.15, -0.1) is 0 Å². The molecule has 378 valence electrons. The van der Waals surface area contributed by atoms with Crippen molar-refractivity contribution in [3.63, 3.8) is 0 Å². The summed E-state index contributed by atoms with van der Waals surface area (Å²) >= 11 is 6.50. The van der Waals surface area contributed by atoms with Crippen LogP contribution in [-0.2, 0) is 43.9 Å². The van der Waals surface area contributed by atoms with E-state index in [4.69, 9.17) is 59.3 Å². The van der Waals surface area contributed by atoms with Crippen LogP contribution in [0.15, 0.2) is 60.9 Å². The molecule has 1 unspecified atom stereocenters. The quantitative estimate of drug-likeness (QED) is 0.0336. The summed E-state index contributed by atoms with van der Waals surface area (Å²) < 4.78 is 71.2. The van der Waals surface area contributed by atoms with Gasteiger partial charge >= 0.3 is 7.82 Å².